The minimum atomic E-state index is -1.09. The Balaban J connectivity index is 1.43. The molecule has 3 aromatic rings. The van der Waals surface area contributed by atoms with Gasteiger partial charge in [0.15, 0.2) is 11.6 Å². The molecule has 3 heterocycles. The lowest BCUT2D eigenvalue weighted by Gasteiger charge is -2.34. The Kier molecular flexibility index (Phi) is 6.86. The van der Waals surface area contributed by atoms with Crippen LogP contribution in [0.15, 0.2) is 30.5 Å². The molecular formula is C22H21Cl2F2N5O3. The number of rotatable bonds is 7. The Labute approximate surface area is 203 Å². The van der Waals surface area contributed by atoms with Crippen molar-refractivity contribution in [2.45, 2.75) is 38.5 Å². The maximum atomic E-state index is 13.7. The number of benzene rings is 1. The van der Waals surface area contributed by atoms with Gasteiger partial charge in [0.05, 0.1) is 16.3 Å². The van der Waals surface area contributed by atoms with Crippen LogP contribution < -0.4 is 0 Å². The average Bonchev–Trinajstić information content (AvgIpc) is 3.14. The fourth-order valence-electron chi connectivity index (χ4n) is 4.03. The molecule has 0 spiro atoms. The summed E-state index contributed by atoms with van der Waals surface area (Å²) < 4.78 is 28.4. The van der Waals surface area contributed by atoms with Gasteiger partial charge in [-0.1, -0.05) is 11.6 Å². The molecule has 0 saturated heterocycles. The number of β-amino-alcohol motifs (C(OH)–C–C–N with tert-alkyl or cyclic N) is 1. The molecule has 2 aromatic heterocycles. The minimum absolute atomic E-state index is 0.00745. The number of hydrogen-bond donors (Lipinski definition) is 1. The summed E-state index contributed by atoms with van der Waals surface area (Å²) in [4.78, 5) is 20.6. The van der Waals surface area contributed by atoms with Crippen molar-refractivity contribution in [3.63, 3.8) is 0 Å². The third-order valence-electron chi connectivity index (χ3n) is 5.75. The van der Waals surface area contributed by atoms with Gasteiger partial charge in [-0.2, -0.15) is 0 Å². The van der Waals surface area contributed by atoms with Crippen LogP contribution in [-0.2, 0) is 19.5 Å². The Morgan fingerprint density at radius 1 is 1.24 bits per heavy atom. The predicted molar refractivity (Wildman–Crippen MR) is 123 cm³/mol. The molecule has 0 aliphatic carbocycles. The molecule has 4 rings (SSSR count). The zero-order valence-electron chi connectivity index (χ0n) is 18.1. The van der Waals surface area contributed by atoms with Crippen molar-refractivity contribution < 1.29 is 18.8 Å². The van der Waals surface area contributed by atoms with Gasteiger partial charge >= 0.3 is 11.1 Å². The van der Waals surface area contributed by atoms with Gasteiger partial charge in [0.25, 0.3) is 0 Å². The summed E-state index contributed by atoms with van der Waals surface area (Å²) in [7, 11) is 0. The molecule has 0 bridgehead atoms. The number of fused-ring (bicyclic) bond motifs is 1. The highest BCUT2D eigenvalue weighted by Crippen LogP contribution is 2.32. The molecule has 1 aliphatic rings. The van der Waals surface area contributed by atoms with Gasteiger partial charge in [0.2, 0.25) is 0 Å². The van der Waals surface area contributed by atoms with E-state index < -0.39 is 22.2 Å². The van der Waals surface area contributed by atoms with Crippen LogP contribution in [0.5, 0.6) is 0 Å². The first-order valence-electron chi connectivity index (χ1n) is 10.5. The van der Waals surface area contributed by atoms with Gasteiger partial charge in [-0.15, -0.1) is 0 Å². The summed E-state index contributed by atoms with van der Waals surface area (Å²) in [5.41, 5.74) is 1.41. The standard InChI is InChI=1S/C22H21Cl2F2N5O3/c1-22(32,5-7-30-11-19(31(33)34)28-21(30)24)12-29-6-4-18-14(10-29)8-15(23)20(27-18)13-2-3-16(25)17(26)9-13/h2-3,8-9,11,32H,4-7,10,12H2,1H3. The summed E-state index contributed by atoms with van der Waals surface area (Å²) >= 11 is 12.4. The highest BCUT2D eigenvalue weighted by Gasteiger charge is 2.28. The molecule has 1 aromatic carbocycles. The minimum Gasteiger partial charge on any atom is -0.389 e. The number of nitrogens with zero attached hydrogens (tertiary/aromatic N) is 5. The third-order valence-corrected chi connectivity index (χ3v) is 6.34. The predicted octanol–water partition coefficient (Wildman–Crippen LogP) is 4.64. The highest BCUT2D eigenvalue weighted by atomic mass is 35.5. The van der Waals surface area contributed by atoms with Crippen molar-refractivity contribution in [3.8, 4) is 11.3 Å². The first-order valence-corrected chi connectivity index (χ1v) is 11.2. The fourth-order valence-corrected chi connectivity index (χ4v) is 4.53. The maximum absolute atomic E-state index is 13.7. The van der Waals surface area contributed by atoms with Gasteiger partial charge in [-0.25, -0.2) is 8.78 Å². The number of aromatic nitrogens is 3. The van der Waals surface area contributed by atoms with Crippen LogP contribution in [0.3, 0.4) is 0 Å². The van der Waals surface area contributed by atoms with Crippen LogP contribution in [-0.4, -0.2) is 48.2 Å². The average molecular weight is 512 g/mol. The van der Waals surface area contributed by atoms with Crippen LogP contribution in [0.2, 0.25) is 10.3 Å². The molecule has 180 valence electrons. The fraction of sp³-hybridized carbons (Fsp3) is 0.364. The van der Waals surface area contributed by atoms with Crippen molar-refractivity contribution in [2.75, 3.05) is 13.1 Å². The molecule has 0 radical (unpaired) electrons. The SMILES string of the molecule is CC(O)(CCn1cc([N+](=O)[O-])nc1Cl)CN1CCc2nc(-c3ccc(F)c(F)c3)c(Cl)cc2C1. The zero-order chi connectivity index (χ0) is 24.6. The van der Waals surface area contributed by atoms with E-state index in [1.54, 1.807) is 13.0 Å². The Hall–Kier alpha value is -2.66. The van der Waals surface area contributed by atoms with Gasteiger partial charge in [0, 0.05) is 43.9 Å². The molecule has 8 nitrogen and oxygen atoms in total. The summed E-state index contributed by atoms with van der Waals surface area (Å²) in [5, 5.41) is 22.1. The number of aryl methyl sites for hydroxylation is 1. The van der Waals surface area contributed by atoms with Crippen molar-refractivity contribution >= 4 is 29.0 Å². The van der Waals surface area contributed by atoms with E-state index in [1.807, 2.05) is 0 Å². The van der Waals surface area contributed by atoms with Crippen molar-refractivity contribution in [3.05, 3.63) is 73.8 Å². The Morgan fingerprint density at radius 3 is 2.68 bits per heavy atom. The molecule has 0 saturated carbocycles. The lowest BCUT2D eigenvalue weighted by Crippen LogP contribution is -2.43. The van der Waals surface area contributed by atoms with E-state index in [9.17, 15) is 24.0 Å². The summed E-state index contributed by atoms with van der Waals surface area (Å²) in [6.07, 6.45) is 2.14. The molecule has 0 amide bonds. The van der Waals surface area contributed by atoms with Gasteiger partial charge in [-0.05, 0) is 64.7 Å². The highest BCUT2D eigenvalue weighted by molar-refractivity contribution is 6.33. The second-order valence-corrected chi connectivity index (χ2v) is 9.33. The Bertz CT molecular complexity index is 1250. The topological polar surface area (TPSA) is 97.3 Å². The molecular weight excluding hydrogens is 491 g/mol. The van der Waals surface area contributed by atoms with Crippen LogP contribution in [0.25, 0.3) is 11.3 Å². The third kappa shape index (κ3) is 5.35. The van der Waals surface area contributed by atoms with E-state index in [0.717, 1.165) is 23.4 Å². The molecule has 1 atom stereocenters. The van der Waals surface area contributed by atoms with Gasteiger partial charge in [-0.3, -0.25) is 14.5 Å². The number of nitro groups is 1. The largest absolute Gasteiger partial charge is 0.389 e. The molecule has 1 unspecified atom stereocenters. The Morgan fingerprint density at radius 2 is 2.00 bits per heavy atom. The summed E-state index contributed by atoms with van der Waals surface area (Å²) in [5.74, 6) is -2.24. The first-order chi connectivity index (χ1) is 16.0. The van der Waals surface area contributed by atoms with Crippen LogP contribution in [0.1, 0.15) is 24.6 Å². The maximum Gasteiger partial charge on any atom is 0.383 e. The second kappa shape index (κ2) is 9.53. The molecule has 1 N–H and O–H groups in total. The number of imidazole rings is 1. The van der Waals surface area contributed by atoms with Crippen LogP contribution in [0, 0.1) is 21.7 Å². The van der Waals surface area contributed by atoms with E-state index in [4.69, 9.17) is 23.2 Å². The summed E-state index contributed by atoms with van der Waals surface area (Å²) in [6, 6.07) is 5.32. The smallest absolute Gasteiger partial charge is 0.383 e. The normalized spacial score (nSPS) is 15.7. The van der Waals surface area contributed by atoms with Gasteiger partial charge in [0.1, 0.15) is 6.20 Å². The van der Waals surface area contributed by atoms with E-state index in [-0.39, 0.29) is 17.6 Å². The van der Waals surface area contributed by atoms with E-state index >= 15 is 0 Å². The molecule has 1 aliphatic heterocycles. The molecule has 12 heteroatoms. The number of pyridine rings is 1. The molecule has 34 heavy (non-hydrogen) atoms. The quantitative estimate of drug-likeness (QED) is 0.366. The van der Waals surface area contributed by atoms with Gasteiger partial charge < -0.3 is 15.2 Å². The monoisotopic (exact) mass is 511 g/mol. The number of halogens is 4. The molecule has 0 fully saturated rings. The van der Waals surface area contributed by atoms with E-state index in [0.29, 0.717) is 48.8 Å². The number of hydrogen-bond acceptors (Lipinski definition) is 6. The zero-order valence-corrected chi connectivity index (χ0v) is 19.7. The summed E-state index contributed by atoms with van der Waals surface area (Å²) in [6.45, 7) is 3.45. The number of aliphatic hydroxyl groups is 1. The second-order valence-electron chi connectivity index (χ2n) is 8.58. The lowest BCUT2D eigenvalue weighted by molar-refractivity contribution is -0.389. The van der Waals surface area contributed by atoms with Crippen molar-refractivity contribution in [2.24, 2.45) is 0 Å². The van der Waals surface area contributed by atoms with Crippen LogP contribution >= 0.6 is 23.2 Å². The first kappa shape index (κ1) is 24.5. The van der Waals surface area contributed by atoms with Crippen molar-refractivity contribution in [1.82, 2.24) is 19.4 Å². The van der Waals surface area contributed by atoms with E-state index in [2.05, 4.69) is 14.9 Å². The van der Waals surface area contributed by atoms with Crippen molar-refractivity contribution in [1.29, 1.82) is 0 Å². The lowest BCUT2D eigenvalue weighted by atomic mass is 9.98. The van der Waals surface area contributed by atoms with E-state index in [1.165, 1.54) is 16.8 Å². The van der Waals surface area contributed by atoms with Crippen LogP contribution in [0.4, 0.5) is 14.6 Å².